The first-order valence-corrected chi connectivity index (χ1v) is 6.57. The third-order valence-electron chi connectivity index (χ3n) is 3.49. The Hall–Kier alpha value is -1.83. The van der Waals surface area contributed by atoms with Crippen molar-refractivity contribution in [3.63, 3.8) is 0 Å². The van der Waals surface area contributed by atoms with Gasteiger partial charge in [-0.15, -0.1) is 0 Å². The van der Waals surface area contributed by atoms with Crippen LogP contribution in [0, 0.1) is 11.8 Å². The molecule has 0 unspecified atom stereocenters. The number of nitrogens with one attached hydrogen (secondary N) is 2. The molecule has 1 atom stereocenters. The molecule has 8 nitrogen and oxygen atoms in total. The predicted molar refractivity (Wildman–Crippen MR) is 73.4 cm³/mol. The topological polar surface area (TPSA) is 146 Å². The van der Waals surface area contributed by atoms with Gasteiger partial charge in [0, 0.05) is 19.5 Å². The summed E-state index contributed by atoms with van der Waals surface area (Å²) in [6.07, 6.45) is 3.65. The molecule has 0 saturated carbocycles. The zero-order chi connectivity index (χ0) is 15.2. The average molecular weight is 284 g/mol. The van der Waals surface area contributed by atoms with Gasteiger partial charge in [0.2, 0.25) is 11.8 Å². The first kappa shape index (κ1) is 16.2. The molecule has 1 aliphatic rings. The minimum absolute atomic E-state index is 0.108. The number of rotatable bonds is 7. The van der Waals surface area contributed by atoms with E-state index in [-0.39, 0.29) is 11.9 Å². The smallest absolute Gasteiger partial charge is 0.245 e. The molecule has 0 spiro atoms. The van der Waals surface area contributed by atoms with Gasteiger partial charge < -0.3 is 26.8 Å². The molecule has 1 aliphatic heterocycles. The summed E-state index contributed by atoms with van der Waals surface area (Å²) in [4.78, 5) is 25.0. The van der Waals surface area contributed by atoms with E-state index in [1.54, 1.807) is 0 Å². The highest BCUT2D eigenvalue weighted by Crippen LogP contribution is 2.29. The lowest BCUT2D eigenvalue weighted by Crippen LogP contribution is -2.58. The number of aliphatic hydroxyl groups excluding tert-OH is 1. The van der Waals surface area contributed by atoms with Gasteiger partial charge in [-0.25, -0.2) is 0 Å². The van der Waals surface area contributed by atoms with E-state index < -0.39 is 18.1 Å². The Bertz CT molecular complexity index is 387. The number of nitrogens with two attached hydrogens (primary N) is 2. The summed E-state index contributed by atoms with van der Waals surface area (Å²) in [5.74, 6) is -1.07. The fourth-order valence-corrected chi connectivity index (χ4v) is 2.36. The monoisotopic (exact) mass is 284 g/mol. The summed E-state index contributed by atoms with van der Waals surface area (Å²) < 4.78 is 0. The van der Waals surface area contributed by atoms with Crippen LogP contribution >= 0.6 is 0 Å². The molecule has 8 heteroatoms. The zero-order valence-electron chi connectivity index (χ0n) is 11.4. The van der Waals surface area contributed by atoms with Crippen molar-refractivity contribution in [1.82, 2.24) is 10.2 Å². The van der Waals surface area contributed by atoms with Crippen LogP contribution < -0.4 is 16.8 Å². The second-order valence-electron chi connectivity index (χ2n) is 4.83. The molecule has 113 valence electrons. The van der Waals surface area contributed by atoms with E-state index in [1.165, 1.54) is 11.3 Å². The molecule has 0 aromatic heterocycles. The molecule has 2 amide bonds. The Morgan fingerprint density at radius 1 is 1.45 bits per heavy atom. The number of carbonyl (C=O) groups excluding carboxylic acids is 2. The van der Waals surface area contributed by atoms with Crippen LogP contribution in [0.5, 0.6) is 0 Å². The van der Waals surface area contributed by atoms with Crippen LogP contribution in [0.25, 0.3) is 0 Å². The normalized spacial score (nSPS) is 21.8. The van der Waals surface area contributed by atoms with Crippen molar-refractivity contribution >= 4 is 17.8 Å². The van der Waals surface area contributed by atoms with Crippen LogP contribution in [-0.2, 0) is 9.59 Å². The molecule has 0 bridgehead atoms. The summed E-state index contributed by atoms with van der Waals surface area (Å²) in [6.45, 7) is 0.471. The van der Waals surface area contributed by atoms with E-state index in [0.29, 0.717) is 38.8 Å². The average Bonchev–Trinajstić information content (AvgIpc) is 2.82. The molecule has 0 aromatic carbocycles. The minimum atomic E-state index is -1.26. The van der Waals surface area contributed by atoms with Gasteiger partial charge in [0.15, 0.2) is 5.96 Å². The maximum Gasteiger partial charge on any atom is 0.245 e. The summed E-state index contributed by atoms with van der Waals surface area (Å²) in [7, 11) is 0. The number of hydrogen-bond acceptors (Lipinski definition) is 4. The van der Waals surface area contributed by atoms with Crippen LogP contribution in [0.2, 0.25) is 0 Å². The lowest BCUT2D eigenvalue weighted by atomic mass is 9.96. The number of primary amides is 1. The number of nitrogens with zero attached hydrogens (tertiary/aromatic N) is 1. The molecular weight excluding hydrogens is 262 g/mol. The highest BCUT2D eigenvalue weighted by molar-refractivity contribution is 5.94. The lowest BCUT2D eigenvalue weighted by molar-refractivity contribution is -0.143. The predicted octanol–water partition coefficient (Wildman–Crippen LogP) is -1.71. The third kappa shape index (κ3) is 3.60. The Morgan fingerprint density at radius 3 is 2.70 bits per heavy atom. The number of unbranched alkanes of at least 4 members (excludes halogenated alkanes) is 1. The number of likely N-dealkylation sites (tertiary alicyclic amines) is 1. The molecule has 1 heterocycles. The minimum Gasteiger partial charge on any atom is -0.393 e. The number of guanidine groups is 1. The molecule has 1 radical (unpaired) electrons. The van der Waals surface area contributed by atoms with Crippen molar-refractivity contribution in [1.29, 1.82) is 5.41 Å². The molecular formula is C12H22N5O3. The van der Waals surface area contributed by atoms with Crippen molar-refractivity contribution in [2.45, 2.75) is 31.2 Å². The van der Waals surface area contributed by atoms with Crippen molar-refractivity contribution in [2.75, 3.05) is 19.7 Å². The van der Waals surface area contributed by atoms with Gasteiger partial charge in [-0.05, 0) is 25.7 Å². The molecule has 1 fully saturated rings. The Labute approximate surface area is 118 Å². The van der Waals surface area contributed by atoms with Crippen LogP contribution in [0.1, 0.15) is 25.7 Å². The highest BCUT2D eigenvalue weighted by atomic mass is 16.3. The van der Waals surface area contributed by atoms with Crippen molar-refractivity contribution in [2.24, 2.45) is 11.5 Å². The SMILES string of the molecule is N=C(N)NCCC[CH]C(=O)N1CCC[C@@]1(CO)C(N)=O. The Morgan fingerprint density at radius 2 is 2.15 bits per heavy atom. The lowest BCUT2D eigenvalue weighted by Gasteiger charge is -2.34. The first-order valence-electron chi connectivity index (χ1n) is 6.57. The van der Waals surface area contributed by atoms with Crippen molar-refractivity contribution < 1.29 is 14.7 Å². The van der Waals surface area contributed by atoms with Gasteiger partial charge in [-0.2, -0.15) is 0 Å². The van der Waals surface area contributed by atoms with E-state index in [9.17, 15) is 14.7 Å². The van der Waals surface area contributed by atoms with Crippen LogP contribution in [0.15, 0.2) is 0 Å². The van der Waals surface area contributed by atoms with Crippen molar-refractivity contribution in [3.8, 4) is 0 Å². The van der Waals surface area contributed by atoms with E-state index in [4.69, 9.17) is 16.9 Å². The first-order chi connectivity index (χ1) is 9.44. The molecule has 1 saturated heterocycles. The van der Waals surface area contributed by atoms with Gasteiger partial charge in [0.25, 0.3) is 0 Å². The number of carbonyl (C=O) groups is 2. The van der Waals surface area contributed by atoms with E-state index in [0.717, 1.165) is 0 Å². The van der Waals surface area contributed by atoms with Crippen LogP contribution in [-0.4, -0.2) is 53.0 Å². The van der Waals surface area contributed by atoms with E-state index in [1.807, 2.05) is 0 Å². The molecule has 20 heavy (non-hydrogen) atoms. The summed E-state index contributed by atoms with van der Waals surface area (Å²) in [6, 6.07) is 0. The fraction of sp³-hybridized carbons (Fsp3) is 0.667. The number of aliphatic hydroxyl groups is 1. The van der Waals surface area contributed by atoms with Gasteiger partial charge in [0.05, 0.1) is 6.61 Å². The summed E-state index contributed by atoms with van der Waals surface area (Å²) in [5, 5.41) is 19.0. The second kappa shape index (κ2) is 7.09. The van der Waals surface area contributed by atoms with Crippen LogP contribution in [0.3, 0.4) is 0 Å². The standard InChI is InChI=1S/C12H22N5O3/c13-10(20)12(8-18)5-3-7-17(12)9(19)4-1-2-6-16-11(14)15/h4,18H,1-3,5-8H2,(H2,13,20)(H4,14,15,16)/t12-/m1/s1. The zero-order valence-corrected chi connectivity index (χ0v) is 11.4. The Balaban J connectivity index is 2.46. The quantitative estimate of drug-likeness (QED) is 0.215. The molecule has 7 N–H and O–H groups in total. The maximum absolute atomic E-state index is 12.1. The van der Waals surface area contributed by atoms with Crippen molar-refractivity contribution in [3.05, 3.63) is 6.42 Å². The summed E-state index contributed by atoms with van der Waals surface area (Å²) >= 11 is 0. The number of hydrogen-bond donors (Lipinski definition) is 5. The maximum atomic E-state index is 12.1. The van der Waals surface area contributed by atoms with Crippen LogP contribution in [0.4, 0.5) is 0 Å². The fourth-order valence-electron chi connectivity index (χ4n) is 2.36. The number of amides is 2. The third-order valence-corrected chi connectivity index (χ3v) is 3.49. The van der Waals surface area contributed by atoms with Gasteiger partial charge >= 0.3 is 0 Å². The van der Waals surface area contributed by atoms with E-state index in [2.05, 4.69) is 5.32 Å². The molecule has 0 aromatic rings. The summed E-state index contributed by atoms with van der Waals surface area (Å²) in [5.41, 5.74) is 9.20. The largest absolute Gasteiger partial charge is 0.393 e. The van der Waals surface area contributed by atoms with Gasteiger partial charge in [0.1, 0.15) is 5.54 Å². The van der Waals surface area contributed by atoms with Gasteiger partial charge in [-0.1, -0.05) is 0 Å². The molecule has 0 aliphatic carbocycles. The van der Waals surface area contributed by atoms with Gasteiger partial charge in [-0.3, -0.25) is 15.0 Å². The Kier molecular flexibility index (Phi) is 5.75. The highest BCUT2D eigenvalue weighted by Gasteiger charge is 2.47. The second-order valence-corrected chi connectivity index (χ2v) is 4.83. The van der Waals surface area contributed by atoms with E-state index >= 15 is 0 Å². The molecule has 1 rings (SSSR count).